The number of alkyl halides is 11. The molecular weight excluding hydrogens is 374 g/mol. The second kappa shape index (κ2) is 6.00. The summed E-state index contributed by atoms with van der Waals surface area (Å²) < 4.78 is 175. The standard InChI is InChI=1S/C9H4F14/c10-2-1-5(14,15)7(17,18)8(19,20)6(16,9(21,22)23)3(11)4(12)13/h1-2H2. The van der Waals surface area contributed by atoms with Crippen molar-refractivity contribution in [3.05, 3.63) is 11.9 Å². The van der Waals surface area contributed by atoms with E-state index in [9.17, 15) is 61.5 Å². The van der Waals surface area contributed by atoms with Gasteiger partial charge in [0, 0.05) is 6.42 Å². The average molecular weight is 378 g/mol. The van der Waals surface area contributed by atoms with E-state index in [1.807, 2.05) is 0 Å². The molecule has 0 nitrogen and oxygen atoms in total. The molecule has 0 aromatic rings. The minimum Gasteiger partial charge on any atom is -0.251 e. The van der Waals surface area contributed by atoms with Gasteiger partial charge in [-0.2, -0.15) is 48.3 Å². The Morgan fingerprint density at radius 3 is 1.30 bits per heavy atom. The summed E-state index contributed by atoms with van der Waals surface area (Å²) in [7, 11) is 0. The van der Waals surface area contributed by atoms with Crippen LogP contribution in [0.5, 0.6) is 0 Å². The highest BCUT2D eigenvalue weighted by Gasteiger charge is 2.87. The normalized spacial score (nSPS) is 17.0. The topological polar surface area (TPSA) is 0 Å². The molecule has 14 heteroatoms. The first-order valence-electron chi connectivity index (χ1n) is 5.08. The number of rotatable bonds is 6. The van der Waals surface area contributed by atoms with Gasteiger partial charge in [-0.25, -0.2) is 8.78 Å². The third kappa shape index (κ3) is 3.07. The molecule has 0 heterocycles. The van der Waals surface area contributed by atoms with Crippen LogP contribution in [0.2, 0.25) is 0 Å². The van der Waals surface area contributed by atoms with Crippen molar-refractivity contribution < 1.29 is 61.5 Å². The van der Waals surface area contributed by atoms with E-state index in [-0.39, 0.29) is 0 Å². The molecule has 1 unspecified atom stereocenters. The van der Waals surface area contributed by atoms with Crippen molar-refractivity contribution in [1.29, 1.82) is 0 Å². The van der Waals surface area contributed by atoms with Gasteiger partial charge in [-0.3, -0.25) is 4.39 Å². The SMILES string of the molecule is FCCC(F)(F)C(F)(F)C(F)(F)C(F)(C(F)=C(F)F)C(F)(F)F. The third-order valence-corrected chi connectivity index (χ3v) is 2.55. The van der Waals surface area contributed by atoms with Gasteiger partial charge >= 0.3 is 35.7 Å². The molecule has 0 amide bonds. The summed E-state index contributed by atoms with van der Waals surface area (Å²) in [4.78, 5) is 0. The maximum Gasteiger partial charge on any atom is 0.435 e. The van der Waals surface area contributed by atoms with Gasteiger partial charge in [-0.1, -0.05) is 0 Å². The predicted octanol–water partition coefficient (Wildman–Crippen LogP) is 5.60. The van der Waals surface area contributed by atoms with Crippen molar-refractivity contribution in [3.8, 4) is 0 Å². The Morgan fingerprint density at radius 1 is 0.652 bits per heavy atom. The van der Waals surface area contributed by atoms with Crippen molar-refractivity contribution in [3.63, 3.8) is 0 Å². The van der Waals surface area contributed by atoms with Gasteiger partial charge < -0.3 is 0 Å². The molecule has 1 atom stereocenters. The molecule has 0 aromatic heterocycles. The van der Waals surface area contributed by atoms with Gasteiger partial charge in [0.05, 0.1) is 6.67 Å². The van der Waals surface area contributed by atoms with Crippen LogP contribution in [-0.2, 0) is 0 Å². The molecule has 0 N–H and O–H groups in total. The first-order valence-corrected chi connectivity index (χ1v) is 5.08. The summed E-state index contributed by atoms with van der Waals surface area (Å²) in [6.45, 7) is -2.46. The van der Waals surface area contributed by atoms with E-state index in [2.05, 4.69) is 0 Å². The van der Waals surface area contributed by atoms with E-state index >= 15 is 0 Å². The van der Waals surface area contributed by atoms with Crippen molar-refractivity contribution in [2.45, 2.75) is 36.0 Å². The molecule has 23 heavy (non-hydrogen) atoms. The molecule has 0 aliphatic heterocycles. The lowest BCUT2D eigenvalue weighted by Gasteiger charge is -2.40. The van der Waals surface area contributed by atoms with E-state index in [4.69, 9.17) is 0 Å². The van der Waals surface area contributed by atoms with Crippen LogP contribution in [-0.4, -0.2) is 36.3 Å². The second-order valence-corrected chi connectivity index (χ2v) is 4.02. The summed E-state index contributed by atoms with van der Waals surface area (Å²) in [6.07, 6.45) is -14.7. The maximum absolute atomic E-state index is 13.3. The van der Waals surface area contributed by atoms with Gasteiger partial charge in [0.2, 0.25) is 5.83 Å². The zero-order valence-electron chi connectivity index (χ0n) is 10.2. The molecule has 138 valence electrons. The fraction of sp³-hybridized carbons (Fsp3) is 0.778. The van der Waals surface area contributed by atoms with E-state index in [1.54, 1.807) is 0 Å². The summed E-state index contributed by atoms with van der Waals surface area (Å²) in [5, 5.41) is 0. The molecule has 0 saturated heterocycles. The minimum absolute atomic E-state index is 2.46. The van der Waals surface area contributed by atoms with Gasteiger partial charge in [0.1, 0.15) is 0 Å². The number of hydrogen-bond donors (Lipinski definition) is 0. The first kappa shape index (κ1) is 21.8. The van der Waals surface area contributed by atoms with Crippen LogP contribution < -0.4 is 0 Å². The van der Waals surface area contributed by atoms with Crippen molar-refractivity contribution in [1.82, 2.24) is 0 Å². The molecule has 0 aliphatic rings. The Hall–Kier alpha value is -1.24. The fourth-order valence-electron chi connectivity index (χ4n) is 1.29. The largest absolute Gasteiger partial charge is 0.435 e. The van der Waals surface area contributed by atoms with Gasteiger partial charge in [-0.05, 0) is 0 Å². The van der Waals surface area contributed by atoms with Crippen LogP contribution in [0.3, 0.4) is 0 Å². The molecule has 0 spiro atoms. The highest BCUT2D eigenvalue weighted by Crippen LogP contribution is 2.60. The smallest absolute Gasteiger partial charge is 0.251 e. The monoisotopic (exact) mass is 378 g/mol. The molecule has 0 aromatic carbocycles. The Morgan fingerprint density at radius 2 is 1.04 bits per heavy atom. The lowest BCUT2D eigenvalue weighted by molar-refractivity contribution is -0.384. The van der Waals surface area contributed by atoms with Gasteiger partial charge in [-0.15, -0.1) is 0 Å². The van der Waals surface area contributed by atoms with Crippen molar-refractivity contribution in [2.75, 3.05) is 6.67 Å². The molecule has 0 radical (unpaired) electrons. The Labute approximate surface area is 117 Å². The van der Waals surface area contributed by atoms with Gasteiger partial charge in [0.15, 0.2) is 0 Å². The van der Waals surface area contributed by atoms with Crippen LogP contribution in [0.25, 0.3) is 0 Å². The van der Waals surface area contributed by atoms with Crippen LogP contribution in [0.1, 0.15) is 6.42 Å². The highest BCUT2D eigenvalue weighted by atomic mass is 19.4. The zero-order valence-corrected chi connectivity index (χ0v) is 10.2. The molecule has 0 aliphatic carbocycles. The number of hydrogen-bond acceptors (Lipinski definition) is 0. The van der Waals surface area contributed by atoms with E-state index < -0.39 is 54.6 Å². The third-order valence-electron chi connectivity index (χ3n) is 2.55. The second-order valence-electron chi connectivity index (χ2n) is 4.02. The molecular formula is C9H4F14. The number of halogens is 14. The minimum atomic E-state index is -7.73. The van der Waals surface area contributed by atoms with Crippen LogP contribution >= 0.6 is 0 Å². The Bertz CT molecular complexity index is 455. The lowest BCUT2D eigenvalue weighted by Crippen LogP contribution is -2.68. The highest BCUT2D eigenvalue weighted by molar-refractivity contribution is 5.24. The maximum atomic E-state index is 13.3. The molecule has 0 bridgehead atoms. The van der Waals surface area contributed by atoms with Gasteiger partial charge in [0.25, 0.3) is 0 Å². The molecule has 0 fully saturated rings. The summed E-state index contributed by atoms with van der Waals surface area (Å²) in [6, 6.07) is 0. The fourth-order valence-corrected chi connectivity index (χ4v) is 1.29. The zero-order chi connectivity index (χ0) is 19.1. The Balaban J connectivity index is 6.56. The quantitative estimate of drug-likeness (QED) is 0.528. The van der Waals surface area contributed by atoms with Crippen molar-refractivity contribution in [2.24, 2.45) is 0 Å². The van der Waals surface area contributed by atoms with E-state index in [1.165, 1.54) is 0 Å². The summed E-state index contributed by atoms with van der Waals surface area (Å²) in [5.41, 5.74) is -7.47. The van der Waals surface area contributed by atoms with Crippen molar-refractivity contribution >= 4 is 0 Å². The lowest BCUT2D eigenvalue weighted by atomic mass is 9.86. The van der Waals surface area contributed by atoms with Crippen LogP contribution in [0.15, 0.2) is 11.9 Å². The summed E-state index contributed by atoms with van der Waals surface area (Å²) >= 11 is 0. The molecule has 0 rings (SSSR count). The number of allylic oxidation sites excluding steroid dienone is 1. The van der Waals surface area contributed by atoms with Crippen LogP contribution in [0.4, 0.5) is 61.5 Å². The van der Waals surface area contributed by atoms with E-state index in [0.29, 0.717) is 0 Å². The molecule has 0 saturated carbocycles. The predicted molar refractivity (Wildman–Crippen MR) is 45.7 cm³/mol. The summed E-state index contributed by atoms with van der Waals surface area (Å²) in [5.74, 6) is -26.1. The van der Waals surface area contributed by atoms with Crippen LogP contribution in [0, 0.1) is 0 Å². The first-order chi connectivity index (χ1) is 9.91. The van der Waals surface area contributed by atoms with E-state index in [0.717, 1.165) is 0 Å². The Kier molecular flexibility index (Phi) is 5.68. The average Bonchev–Trinajstić information content (AvgIpc) is 2.34.